The Hall–Kier alpha value is -0.120. The Kier molecular flexibility index (Phi) is 15.0. The van der Waals surface area contributed by atoms with Gasteiger partial charge in [0.2, 0.25) is 0 Å². The third-order valence-electron chi connectivity index (χ3n) is 4.81. The summed E-state index contributed by atoms with van der Waals surface area (Å²) in [5.74, 6) is 0. The molecule has 0 bridgehead atoms. The first-order valence-corrected chi connectivity index (χ1v) is 12.0. The molecule has 1 heterocycles. The molecule has 0 aromatic carbocycles. The molecule has 1 saturated heterocycles. The smallest absolute Gasteiger partial charge is 0.0785 e. The van der Waals surface area contributed by atoms with E-state index in [1.165, 1.54) is 38.8 Å². The lowest BCUT2D eigenvalue weighted by molar-refractivity contribution is -0.871. The molecule has 1 fully saturated rings. The molecule has 1 rings (SSSR count). The number of morpholine rings is 1. The average molecular weight is 416 g/mol. The maximum atomic E-state index is 5.29. The highest BCUT2D eigenvalue weighted by molar-refractivity contribution is 4.67. The van der Waals surface area contributed by atoms with E-state index in [9.17, 15) is 0 Å². The van der Waals surface area contributed by atoms with Crippen molar-refractivity contribution < 1.29 is 9.22 Å². The summed E-state index contributed by atoms with van der Waals surface area (Å²) < 4.78 is 6.37. The zero-order valence-corrected chi connectivity index (χ0v) is 22.9. The summed E-state index contributed by atoms with van der Waals surface area (Å²) in [6.07, 6.45) is 5.24. The van der Waals surface area contributed by atoms with Gasteiger partial charge in [0, 0.05) is 19.5 Å². The second kappa shape index (κ2) is 14.0. The minimum atomic E-state index is 0.471. The maximum absolute atomic E-state index is 5.29. The van der Waals surface area contributed by atoms with Crippen molar-refractivity contribution in [3.63, 3.8) is 0 Å². The quantitative estimate of drug-likeness (QED) is 0.462. The molecule has 0 spiro atoms. The zero-order valence-electron chi connectivity index (χ0n) is 22.9. The van der Waals surface area contributed by atoms with E-state index in [4.69, 9.17) is 4.74 Å². The highest BCUT2D eigenvalue weighted by atomic mass is 16.5. The van der Waals surface area contributed by atoms with Gasteiger partial charge in [-0.05, 0) is 35.6 Å². The van der Waals surface area contributed by atoms with E-state index < -0.39 is 0 Å². The molecule has 0 aromatic rings. The number of rotatable bonds is 5. The van der Waals surface area contributed by atoms with Gasteiger partial charge >= 0.3 is 0 Å². The lowest BCUT2D eigenvalue weighted by Gasteiger charge is -2.29. The van der Waals surface area contributed by atoms with E-state index in [0.717, 1.165) is 30.8 Å². The van der Waals surface area contributed by atoms with E-state index in [2.05, 4.69) is 95.3 Å². The molecular formula is C26H59N2O+. The fourth-order valence-electron chi connectivity index (χ4n) is 2.74. The molecule has 0 saturated carbocycles. The molecule has 0 aliphatic carbocycles. The molecule has 1 aliphatic heterocycles. The van der Waals surface area contributed by atoms with E-state index in [0.29, 0.717) is 16.2 Å². The second-order valence-electron chi connectivity index (χ2n) is 13.4. The van der Waals surface area contributed by atoms with Crippen LogP contribution in [0, 0.1) is 16.2 Å². The van der Waals surface area contributed by atoms with Gasteiger partial charge in [0.15, 0.2) is 0 Å². The van der Waals surface area contributed by atoms with Crippen molar-refractivity contribution in [3.05, 3.63) is 0 Å². The normalized spacial score (nSPS) is 16.4. The largest absolute Gasteiger partial charge is 0.379 e. The summed E-state index contributed by atoms with van der Waals surface area (Å²) in [6, 6.07) is 0. The Morgan fingerprint density at radius 2 is 1.10 bits per heavy atom. The first-order chi connectivity index (χ1) is 12.8. The van der Waals surface area contributed by atoms with Crippen LogP contribution in [0.15, 0.2) is 0 Å². The van der Waals surface area contributed by atoms with Crippen LogP contribution in [-0.2, 0) is 4.74 Å². The minimum Gasteiger partial charge on any atom is -0.379 e. The number of quaternary nitrogens is 1. The number of nitrogens with zero attached hydrogens (tertiary/aromatic N) is 2. The molecule has 178 valence electrons. The fourth-order valence-corrected chi connectivity index (χ4v) is 2.74. The van der Waals surface area contributed by atoms with Crippen LogP contribution >= 0.6 is 0 Å². The van der Waals surface area contributed by atoms with Gasteiger partial charge in [0.25, 0.3) is 0 Å². The summed E-state index contributed by atoms with van der Waals surface area (Å²) >= 11 is 0. The zero-order chi connectivity index (χ0) is 23.4. The summed E-state index contributed by atoms with van der Waals surface area (Å²) in [4.78, 5) is 2.49. The van der Waals surface area contributed by atoms with Crippen LogP contribution in [0.5, 0.6) is 0 Å². The molecule has 0 N–H and O–H groups in total. The summed E-state index contributed by atoms with van der Waals surface area (Å²) in [5.41, 5.74) is 1.51. The van der Waals surface area contributed by atoms with Crippen molar-refractivity contribution in [3.8, 4) is 0 Å². The standard InChI is InChI=1S/C10H21NO.C9H22N.C7H16/c1-10(2,3)4-5-11-6-8-12-9-7-11;1-9(2,3)7-8-10(4,5)6;1-5-6-7(2,3)4/h4-9H2,1-3H3;7-8H2,1-6H3;5-6H2,1-4H3/q;+1;. The van der Waals surface area contributed by atoms with Crippen molar-refractivity contribution in [2.45, 2.75) is 94.9 Å². The van der Waals surface area contributed by atoms with Crippen molar-refractivity contribution in [1.82, 2.24) is 4.90 Å². The Labute approximate surface area is 186 Å². The molecule has 0 aromatic heterocycles. The molecular weight excluding hydrogens is 356 g/mol. The van der Waals surface area contributed by atoms with Crippen molar-refractivity contribution in [2.24, 2.45) is 16.2 Å². The Bertz CT molecular complexity index is 357. The number of ether oxygens (including phenoxy) is 1. The Morgan fingerprint density at radius 3 is 1.34 bits per heavy atom. The van der Waals surface area contributed by atoms with Crippen LogP contribution < -0.4 is 0 Å². The molecule has 0 radical (unpaired) electrons. The molecule has 3 heteroatoms. The van der Waals surface area contributed by atoms with E-state index in [1.54, 1.807) is 0 Å². The van der Waals surface area contributed by atoms with Gasteiger partial charge in [-0.2, -0.15) is 0 Å². The number of hydrogen-bond acceptors (Lipinski definition) is 2. The van der Waals surface area contributed by atoms with Crippen LogP contribution in [-0.4, -0.2) is 69.9 Å². The third-order valence-corrected chi connectivity index (χ3v) is 4.81. The van der Waals surface area contributed by atoms with E-state index in [-0.39, 0.29) is 0 Å². The molecule has 0 amide bonds. The second-order valence-corrected chi connectivity index (χ2v) is 13.4. The summed E-state index contributed by atoms with van der Waals surface area (Å²) in [6.45, 7) is 29.4. The molecule has 0 unspecified atom stereocenters. The first-order valence-electron chi connectivity index (χ1n) is 12.0. The lowest BCUT2D eigenvalue weighted by atomic mass is 9.91. The van der Waals surface area contributed by atoms with Crippen LogP contribution in [0.3, 0.4) is 0 Å². The summed E-state index contributed by atoms with van der Waals surface area (Å²) in [5, 5.41) is 0. The van der Waals surface area contributed by atoms with E-state index in [1.807, 2.05) is 0 Å². The van der Waals surface area contributed by atoms with Crippen molar-refractivity contribution in [2.75, 3.05) is 60.5 Å². The van der Waals surface area contributed by atoms with Gasteiger partial charge in [0.1, 0.15) is 0 Å². The van der Waals surface area contributed by atoms with E-state index >= 15 is 0 Å². The van der Waals surface area contributed by atoms with Crippen molar-refractivity contribution >= 4 is 0 Å². The first kappa shape index (κ1) is 31.1. The fraction of sp³-hybridized carbons (Fsp3) is 1.00. The van der Waals surface area contributed by atoms with Gasteiger partial charge in [-0.15, -0.1) is 0 Å². The van der Waals surface area contributed by atoms with Crippen LogP contribution in [0.4, 0.5) is 0 Å². The van der Waals surface area contributed by atoms with Crippen LogP contribution in [0.25, 0.3) is 0 Å². The van der Waals surface area contributed by atoms with Gasteiger partial charge in [-0.3, -0.25) is 4.90 Å². The van der Waals surface area contributed by atoms with Crippen molar-refractivity contribution in [1.29, 1.82) is 0 Å². The Morgan fingerprint density at radius 1 is 0.690 bits per heavy atom. The highest BCUT2D eigenvalue weighted by Crippen LogP contribution is 2.20. The van der Waals surface area contributed by atoms with Crippen LogP contribution in [0.1, 0.15) is 94.9 Å². The van der Waals surface area contributed by atoms with Gasteiger partial charge in [0.05, 0.1) is 40.9 Å². The minimum absolute atomic E-state index is 0.471. The predicted molar refractivity (Wildman–Crippen MR) is 133 cm³/mol. The topological polar surface area (TPSA) is 12.5 Å². The van der Waals surface area contributed by atoms with Gasteiger partial charge < -0.3 is 9.22 Å². The average Bonchev–Trinajstić information content (AvgIpc) is 2.50. The summed E-state index contributed by atoms with van der Waals surface area (Å²) in [7, 11) is 6.73. The highest BCUT2D eigenvalue weighted by Gasteiger charge is 2.16. The molecule has 0 atom stereocenters. The molecule has 3 nitrogen and oxygen atoms in total. The SMILES string of the molecule is CC(C)(C)CCN1CCOCC1.CC(C)(C)CC[N+](C)(C)C.CCCC(C)(C)C. The molecule has 1 aliphatic rings. The number of hydrogen-bond donors (Lipinski definition) is 0. The third kappa shape index (κ3) is 30.2. The molecule has 29 heavy (non-hydrogen) atoms. The van der Waals surface area contributed by atoms with Gasteiger partial charge in [-0.25, -0.2) is 0 Å². The Balaban J connectivity index is 0. The monoisotopic (exact) mass is 415 g/mol. The van der Waals surface area contributed by atoms with Gasteiger partial charge in [-0.1, -0.05) is 75.7 Å². The van der Waals surface area contributed by atoms with Crippen LogP contribution in [0.2, 0.25) is 0 Å². The lowest BCUT2D eigenvalue weighted by Crippen LogP contribution is -2.37. The maximum Gasteiger partial charge on any atom is 0.0785 e. The predicted octanol–water partition coefficient (Wildman–Crippen LogP) is 6.72.